The zero-order chi connectivity index (χ0) is 14.0. The molecule has 1 aliphatic heterocycles. The molecular formula is C13H15N5OS. The van der Waals surface area contributed by atoms with Crippen molar-refractivity contribution in [3.05, 3.63) is 40.9 Å². The predicted octanol–water partition coefficient (Wildman–Crippen LogP) is 0.910. The highest BCUT2D eigenvalue weighted by Gasteiger charge is 2.49. The molecule has 1 saturated heterocycles. The van der Waals surface area contributed by atoms with Crippen molar-refractivity contribution in [3.8, 4) is 0 Å². The molecule has 3 heterocycles. The molecule has 104 valence electrons. The predicted molar refractivity (Wildman–Crippen MR) is 74.7 cm³/mol. The number of carbonyl (C=O) groups is 1. The number of nitrogens with zero attached hydrogens (tertiary/aromatic N) is 4. The minimum atomic E-state index is -0.861. The topological polar surface area (TPSA) is 85.0 Å². The number of aromatic nitrogens is 3. The van der Waals surface area contributed by atoms with Gasteiger partial charge in [-0.1, -0.05) is 0 Å². The lowest BCUT2D eigenvalue weighted by molar-refractivity contribution is -0.129. The summed E-state index contributed by atoms with van der Waals surface area (Å²) in [6.07, 6.45) is 8.17. The lowest BCUT2D eigenvalue weighted by atomic mass is 9.91. The molecule has 2 aromatic rings. The molecule has 1 fully saturated rings. The molecule has 0 radical (unpaired) electrons. The van der Waals surface area contributed by atoms with Crippen LogP contribution in [0, 0.1) is 0 Å². The molecule has 0 aliphatic carbocycles. The molecule has 1 amide bonds. The molecule has 1 unspecified atom stereocenters. The van der Waals surface area contributed by atoms with E-state index in [4.69, 9.17) is 5.73 Å². The summed E-state index contributed by atoms with van der Waals surface area (Å²) >= 11 is 1.58. The minimum absolute atomic E-state index is 0.368. The fourth-order valence-corrected chi connectivity index (χ4v) is 3.42. The Morgan fingerprint density at radius 3 is 2.95 bits per heavy atom. The van der Waals surface area contributed by atoms with Crippen LogP contribution in [0.5, 0.6) is 0 Å². The highest BCUT2D eigenvalue weighted by atomic mass is 32.1. The molecule has 0 bridgehead atoms. The van der Waals surface area contributed by atoms with Crippen molar-refractivity contribution in [2.75, 3.05) is 6.54 Å². The van der Waals surface area contributed by atoms with E-state index < -0.39 is 5.54 Å². The van der Waals surface area contributed by atoms with Crippen LogP contribution in [0.1, 0.15) is 23.5 Å². The zero-order valence-electron chi connectivity index (χ0n) is 10.9. The Balaban J connectivity index is 1.98. The number of primary amides is 1. The summed E-state index contributed by atoms with van der Waals surface area (Å²) in [5, 5.41) is 2.90. The van der Waals surface area contributed by atoms with Gasteiger partial charge in [-0.3, -0.25) is 19.7 Å². The van der Waals surface area contributed by atoms with E-state index in [2.05, 4.69) is 19.9 Å². The number of hydrogen-bond acceptors (Lipinski definition) is 6. The molecule has 7 heteroatoms. The summed E-state index contributed by atoms with van der Waals surface area (Å²) in [7, 11) is 0. The maximum atomic E-state index is 12.2. The van der Waals surface area contributed by atoms with Crippen molar-refractivity contribution in [1.82, 2.24) is 19.9 Å². The van der Waals surface area contributed by atoms with Gasteiger partial charge in [-0.15, -0.1) is 11.3 Å². The summed E-state index contributed by atoms with van der Waals surface area (Å²) in [5.74, 6) is -0.368. The van der Waals surface area contributed by atoms with Crippen LogP contribution in [-0.4, -0.2) is 32.3 Å². The standard InChI is InChI=1S/C13H15N5OS/c14-12(19)13(10-8-15-3-4-16-10)2-1-6-18(13)9-11-17-5-7-20-11/h3-5,7-8H,1-2,6,9H2,(H2,14,19). The number of thiazole rings is 1. The highest BCUT2D eigenvalue weighted by molar-refractivity contribution is 7.09. The van der Waals surface area contributed by atoms with Crippen LogP contribution in [0.2, 0.25) is 0 Å². The first-order valence-corrected chi connectivity index (χ1v) is 7.31. The second-order valence-electron chi connectivity index (χ2n) is 4.77. The lowest BCUT2D eigenvalue weighted by Crippen LogP contribution is -2.51. The second-order valence-corrected chi connectivity index (χ2v) is 5.75. The van der Waals surface area contributed by atoms with Crippen molar-refractivity contribution >= 4 is 17.2 Å². The van der Waals surface area contributed by atoms with Gasteiger partial charge < -0.3 is 5.73 Å². The van der Waals surface area contributed by atoms with Gasteiger partial charge in [-0.25, -0.2) is 4.98 Å². The van der Waals surface area contributed by atoms with Gasteiger partial charge in [0.1, 0.15) is 10.5 Å². The summed E-state index contributed by atoms with van der Waals surface area (Å²) in [4.78, 5) is 26.9. The number of likely N-dealkylation sites (tertiary alicyclic amines) is 1. The molecule has 6 nitrogen and oxygen atoms in total. The quantitative estimate of drug-likeness (QED) is 0.904. The third-order valence-corrected chi connectivity index (χ3v) is 4.47. The van der Waals surface area contributed by atoms with E-state index in [1.54, 1.807) is 36.1 Å². The van der Waals surface area contributed by atoms with Crippen LogP contribution >= 0.6 is 11.3 Å². The van der Waals surface area contributed by atoms with E-state index in [1.807, 2.05) is 5.38 Å². The lowest BCUT2D eigenvalue weighted by Gasteiger charge is -2.34. The average molecular weight is 289 g/mol. The van der Waals surface area contributed by atoms with E-state index >= 15 is 0 Å². The van der Waals surface area contributed by atoms with Crippen molar-refractivity contribution in [2.24, 2.45) is 5.73 Å². The molecule has 2 N–H and O–H groups in total. The monoisotopic (exact) mass is 289 g/mol. The van der Waals surface area contributed by atoms with E-state index in [9.17, 15) is 4.79 Å². The maximum absolute atomic E-state index is 12.2. The molecule has 20 heavy (non-hydrogen) atoms. The first kappa shape index (κ1) is 13.1. The Morgan fingerprint density at radius 2 is 2.30 bits per heavy atom. The van der Waals surface area contributed by atoms with Crippen LogP contribution in [0.4, 0.5) is 0 Å². The molecular weight excluding hydrogens is 274 g/mol. The molecule has 0 saturated carbocycles. The minimum Gasteiger partial charge on any atom is -0.368 e. The van der Waals surface area contributed by atoms with Gasteiger partial charge in [0.05, 0.1) is 18.4 Å². The first-order chi connectivity index (χ1) is 9.73. The Morgan fingerprint density at radius 1 is 1.40 bits per heavy atom. The summed E-state index contributed by atoms with van der Waals surface area (Å²) in [6, 6.07) is 0. The summed E-state index contributed by atoms with van der Waals surface area (Å²) in [5.41, 5.74) is 5.48. The van der Waals surface area contributed by atoms with Crippen LogP contribution in [-0.2, 0) is 16.9 Å². The Hall–Kier alpha value is -1.86. The third-order valence-electron chi connectivity index (χ3n) is 3.71. The average Bonchev–Trinajstić information content (AvgIpc) is 3.10. The fraction of sp³-hybridized carbons (Fsp3) is 0.385. The smallest absolute Gasteiger partial charge is 0.244 e. The number of nitrogens with two attached hydrogens (primary N) is 1. The molecule has 0 spiro atoms. The van der Waals surface area contributed by atoms with Gasteiger partial charge in [-0.05, 0) is 12.8 Å². The van der Waals surface area contributed by atoms with E-state index in [1.165, 1.54) is 0 Å². The van der Waals surface area contributed by atoms with Crippen LogP contribution in [0.25, 0.3) is 0 Å². The van der Waals surface area contributed by atoms with E-state index in [0.29, 0.717) is 18.7 Å². The number of amides is 1. The van der Waals surface area contributed by atoms with Crippen molar-refractivity contribution in [1.29, 1.82) is 0 Å². The number of carbonyl (C=O) groups excluding carboxylic acids is 1. The normalized spacial score (nSPS) is 23.0. The number of rotatable bonds is 4. The highest BCUT2D eigenvalue weighted by Crippen LogP contribution is 2.38. The van der Waals surface area contributed by atoms with Gasteiger partial charge in [0.15, 0.2) is 0 Å². The van der Waals surface area contributed by atoms with Crippen molar-refractivity contribution < 1.29 is 4.79 Å². The molecule has 2 aromatic heterocycles. The van der Waals surface area contributed by atoms with Crippen LogP contribution in [0.15, 0.2) is 30.2 Å². The van der Waals surface area contributed by atoms with Gasteiger partial charge in [0.25, 0.3) is 0 Å². The summed E-state index contributed by atoms with van der Waals surface area (Å²) < 4.78 is 0. The van der Waals surface area contributed by atoms with Crippen molar-refractivity contribution in [3.63, 3.8) is 0 Å². The summed E-state index contributed by atoms with van der Waals surface area (Å²) in [6.45, 7) is 1.41. The Kier molecular flexibility index (Phi) is 3.45. The van der Waals surface area contributed by atoms with E-state index in [-0.39, 0.29) is 5.91 Å². The molecule has 1 atom stereocenters. The van der Waals surface area contributed by atoms with Gasteiger partial charge >= 0.3 is 0 Å². The second kappa shape index (κ2) is 5.26. The SMILES string of the molecule is NC(=O)C1(c2cnccn2)CCCN1Cc1nccs1. The van der Waals surface area contributed by atoms with Crippen LogP contribution in [0.3, 0.4) is 0 Å². The van der Waals surface area contributed by atoms with Crippen LogP contribution < -0.4 is 5.73 Å². The fourth-order valence-electron chi connectivity index (χ4n) is 2.79. The van der Waals surface area contributed by atoms with Gasteiger partial charge in [0, 0.05) is 30.5 Å². The molecule has 0 aromatic carbocycles. The van der Waals surface area contributed by atoms with Gasteiger partial charge in [0.2, 0.25) is 5.91 Å². The third kappa shape index (κ3) is 2.08. The van der Waals surface area contributed by atoms with E-state index in [0.717, 1.165) is 18.0 Å². The first-order valence-electron chi connectivity index (χ1n) is 6.43. The number of hydrogen-bond donors (Lipinski definition) is 1. The largest absolute Gasteiger partial charge is 0.368 e. The molecule has 1 aliphatic rings. The zero-order valence-corrected chi connectivity index (χ0v) is 11.7. The molecule has 3 rings (SSSR count). The Labute approximate surface area is 120 Å². The Bertz CT molecular complexity index is 588. The maximum Gasteiger partial charge on any atom is 0.244 e. The van der Waals surface area contributed by atoms with Crippen molar-refractivity contribution in [2.45, 2.75) is 24.9 Å². The van der Waals surface area contributed by atoms with Gasteiger partial charge in [-0.2, -0.15) is 0 Å².